The Hall–Kier alpha value is -3.39. The third-order valence-corrected chi connectivity index (χ3v) is 6.39. The SMILES string of the molecule is CCOC(=O)c1cc2c(NCCCc3nc(N)c(C#N)s3)nc(-c3ccc(Cl)cc3Cl)cn2n1. The van der Waals surface area contributed by atoms with Gasteiger partial charge in [-0.15, -0.1) is 11.3 Å². The monoisotopic (exact) mass is 515 g/mol. The number of aromatic nitrogens is 4. The molecule has 34 heavy (non-hydrogen) atoms. The zero-order chi connectivity index (χ0) is 24.2. The van der Waals surface area contributed by atoms with Gasteiger partial charge in [0.25, 0.3) is 0 Å². The summed E-state index contributed by atoms with van der Waals surface area (Å²) in [5.41, 5.74) is 7.75. The van der Waals surface area contributed by atoms with E-state index in [1.165, 1.54) is 11.3 Å². The number of nitrogens with one attached hydrogen (secondary N) is 1. The molecule has 0 fully saturated rings. The summed E-state index contributed by atoms with van der Waals surface area (Å²) in [6.45, 7) is 2.54. The zero-order valence-corrected chi connectivity index (χ0v) is 20.3. The van der Waals surface area contributed by atoms with Gasteiger partial charge >= 0.3 is 5.97 Å². The lowest BCUT2D eigenvalue weighted by molar-refractivity contribution is 0.0519. The Balaban J connectivity index is 1.62. The Bertz CT molecular complexity index is 1410. The average molecular weight is 516 g/mol. The first kappa shape index (κ1) is 23.8. The number of nitriles is 1. The number of rotatable bonds is 8. The highest BCUT2D eigenvalue weighted by Crippen LogP contribution is 2.31. The molecule has 3 aromatic heterocycles. The van der Waals surface area contributed by atoms with Crippen molar-refractivity contribution in [2.75, 3.05) is 24.2 Å². The minimum absolute atomic E-state index is 0.174. The van der Waals surface area contributed by atoms with E-state index >= 15 is 0 Å². The number of esters is 1. The molecule has 3 heterocycles. The minimum Gasteiger partial charge on any atom is -0.461 e. The fraction of sp³-hybridized carbons (Fsp3) is 0.227. The summed E-state index contributed by atoms with van der Waals surface area (Å²) < 4.78 is 6.65. The van der Waals surface area contributed by atoms with Crippen LogP contribution in [0.25, 0.3) is 16.8 Å². The lowest BCUT2D eigenvalue weighted by Crippen LogP contribution is -2.07. The van der Waals surface area contributed by atoms with E-state index in [2.05, 4.69) is 15.4 Å². The van der Waals surface area contributed by atoms with Gasteiger partial charge in [-0.3, -0.25) is 0 Å². The van der Waals surface area contributed by atoms with Crippen molar-refractivity contribution in [3.8, 4) is 17.3 Å². The number of hydrogen-bond acceptors (Lipinski definition) is 9. The standard InChI is InChI=1S/C22H19Cl2N7O2S/c1-2-33-22(32)15-9-17-21(27-7-3-4-19-29-20(26)18(10-25)34-19)28-16(11-31(17)30-15)13-6-5-12(23)8-14(13)24/h5-6,8-9,11H,2-4,7,26H2,1H3,(H,27,28). The number of carbonyl (C=O) groups is 1. The molecular formula is C22H19Cl2N7O2S. The van der Waals surface area contributed by atoms with Crippen molar-refractivity contribution >= 4 is 57.7 Å². The quantitative estimate of drug-likeness (QED) is 0.251. The number of nitrogens with zero attached hydrogens (tertiary/aromatic N) is 5. The number of anilines is 2. The van der Waals surface area contributed by atoms with Crippen LogP contribution in [-0.4, -0.2) is 38.7 Å². The maximum Gasteiger partial charge on any atom is 0.358 e. The lowest BCUT2D eigenvalue weighted by atomic mass is 10.1. The molecule has 0 aliphatic rings. The predicted octanol–water partition coefficient (Wildman–Crippen LogP) is 4.83. The highest BCUT2D eigenvalue weighted by molar-refractivity contribution is 7.12. The van der Waals surface area contributed by atoms with Crippen LogP contribution < -0.4 is 11.1 Å². The molecule has 12 heteroatoms. The molecular weight excluding hydrogens is 497 g/mol. The smallest absolute Gasteiger partial charge is 0.358 e. The maximum absolute atomic E-state index is 12.2. The number of carbonyl (C=O) groups excluding carboxylic acids is 1. The molecule has 0 aliphatic heterocycles. The molecule has 1 aromatic carbocycles. The first-order valence-corrected chi connectivity index (χ1v) is 11.9. The largest absolute Gasteiger partial charge is 0.461 e. The topological polar surface area (TPSA) is 131 Å². The Morgan fingerprint density at radius 3 is 2.85 bits per heavy atom. The molecule has 174 valence electrons. The molecule has 0 radical (unpaired) electrons. The number of nitrogens with two attached hydrogens (primary N) is 1. The van der Waals surface area contributed by atoms with Crippen LogP contribution in [-0.2, 0) is 11.2 Å². The minimum atomic E-state index is -0.516. The number of thiazole rings is 1. The van der Waals surface area contributed by atoms with Crippen LogP contribution in [0.2, 0.25) is 10.0 Å². The first-order chi connectivity index (χ1) is 16.4. The van der Waals surface area contributed by atoms with E-state index in [-0.39, 0.29) is 18.1 Å². The molecule has 0 saturated heterocycles. The van der Waals surface area contributed by atoms with E-state index in [0.717, 1.165) is 11.4 Å². The zero-order valence-electron chi connectivity index (χ0n) is 18.0. The van der Waals surface area contributed by atoms with Crippen LogP contribution in [0, 0.1) is 11.3 Å². The van der Waals surface area contributed by atoms with Crippen LogP contribution in [0.1, 0.15) is 33.7 Å². The van der Waals surface area contributed by atoms with E-state index in [1.807, 2.05) is 6.07 Å². The molecule has 0 atom stereocenters. The number of ether oxygens (including phenoxy) is 1. The molecule has 4 aromatic rings. The van der Waals surface area contributed by atoms with E-state index in [1.54, 1.807) is 41.9 Å². The number of nitrogen functional groups attached to an aromatic ring is 1. The summed E-state index contributed by atoms with van der Waals surface area (Å²) in [5, 5.41) is 18.5. The van der Waals surface area contributed by atoms with Crippen LogP contribution >= 0.6 is 34.5 Å². The van der Waals surface area contributed by atoms with Crippen molar-refractivity contribution in [2.24, 2.45) is 0 Å². The summed E-state index contributed by atoms with van der Waals surface area (Å²) in [6, 6.07) is 8.81. The predicted molar refractivity (Wildman–Crippen MR) is 132 cm³/mol. The van der Waals surface area contributed by atoms with Crippen molar-refractivity contribution in [1.82, 2.24) is 19.6 Å². The van der Waals surface area contributed by atoms with Crippen LogP contribution in [0.3, 0.4) is 0 Å². The number of hydrogen-bond donors (Lipinski definition) is 2. The fourth-order valence-electron chi connectivity index (χ4n) is 3.27. The highest BCUT2D eigenvalue weighted by Gasteiger charge is 2.17. The van der Waals surface area contributed by atoms with E-state index in [9.17, 15) is 4.79 Å². The number of aryl methyl sites for hydroxylation is 1. The van der Waals surface area contributed by atoms with Gasteiger partial charge in [-0.05, 0) is 31.5 Å². The molecule has 0 aliphatic carbocycles. The fourth-order valence-corrected chi connectivity index (χ4v) is 4.59. The van der Waals surface area contributed by atoms with Gasteiger partial charge in [0.05, 0.1) is 28.5 Å². The third kappa shape index (κ3) is 5.07. The third-order valence-electron chi connectivity index (χ3n) is 4.81. The van der Waals surface area contributed by atoms with Gasteiger partial charge in [-0.2, -0.15) is 10.4 Å². The van der Waals surface area contributed by atoms with Gasteiger partial charge in [0, 0.05) is 29.6 Å². The van der Waals surface area contributed by atoms with E-state index < -0.39 is 5.97 Å². The normalized spacial score (nSPS) is 10.9. The number of benzene rings is 1. The summed E-state index contributed by atoms with van der Waals surface area (Å²) in [7, 11) is 0. The molecule has 0 unspecified atom stereocenters. The molecule has 0 bridgehead atoms. The molecule has 3 N–H and O–H groups in total. The average Bonchev–Trinajstić information content (AvgIpc) is 3.40. The van der Waals surface area contributed by atoms with Crippen LogP contribution in [0.15, 0.2) is 30.5 Å². The van der Waals surface area contributed by atoms with Crippen LogP contribution in [0.5, 0.6) is 0 Å². The molecule has 0 spiro atoms. The summed E-state index contributed by atoms with van der Waals surface area (Å²) in [4.78, 5) is 21.6. The van der Waals surface area contributed by atoms with Crippen molar-refractivity contribution in [3.05, 3.63) is 56.1 Å². The second-order valence-electron chi connectivity index (χ2n) is 7.14. The van der Waals surface area contributed by atoms with E-state index in [4.69, 9.17) is 43.9 Å². The Morgan fingerprint density at radius 1 is 1.32 bits per heavy atom. The molecule has 4 rings (SSSR count). The molecule has 0 saturated carbocycles. The second kappa shape index (κ2) is 10.3. The van der Waals surface area contributed by atoms with Gasteiger partial charge in [-0.25, -0.2) is 19.3 Å². The highest BCUT2D eigenvalue weighted by atomic mass is 35.5. The van der Waals surface area contributed by atoms with Crippen LogP contribution in [0.4, 0.5) is 11.6 Å². The van der Waals surface area contributed by atoms with Crippen molar-refractivity contribution in [3.63, 3.8) is 0 Å². The Morgan fingerprint density at radius 2 is 2.15 bits per heavy atom. The van der Waals surface area contributed by atoms with Gasteiger partial charge < -0.3 is 15.8 Å². The maximum atomic E-state index is 12.2. The van der Waals surface area contributed by atoms with Gasteiger partial charge in [0.2, 0.25) is 0 Å². The van der Waals surface area contributed by atoms with Gasteiger partial charge in [0.1, 0.15) is 16.5 Å². The van der Waals surface area contributed by atoms with Gasteiger partial charge in [0.15, 0.2) is 17.3 Å². The summed E-state index contributed by atoms with van der Waals surface area (Å²) in [5.74, 6) is 0.276. The second-order valence-corrected chi connectivity index (χ2v) is 9.07. The van der Waals surface area contributed by atoms with Gasteiger partial charge in [-0.1, -0.05) is 23.2 Å². The Kier molecular flexibility index (Phi) is 7.17. The van der Waals surface area contributed by atoms with E-state index in [0.29, 0.717) is 50.5 Å². The molecule has 0 amide bonds. The van der Waals surface area contributed by atoms with Crippen molar-refractivity contribution in [1.29, 1.82) is 5.26 Å². The van der Waals surface area contributed by atoms with Crippen molar-refractivity contribution in [2.45, 2.75) is 19.8 Å². The number of halogens is 2. The Labute approximate surface area is 209 Å². The first-order valence-electron chi connectivity index (χ1n) is 10.3. The molecule has 9 nitrogen and oxygen atoms in total. The van der Waals surface area contributed by atoms with Crippen molar-refractivity contribution < 1.29 is 9.53 Å². The number of fused-ring (bicyclic) bond motifs is 1. The summed E-state index contributed by atoms with van der Waals surface area (Å²) in [6.07, 6.45) is 3.06. The lowest BCUT2D eigenvalue weighted by Gasteiger charge is -2.11. The summed E-state index contributed by atoms with van der Waals surface area (Å²) >= 11 is 13.7.